The van der Waals surface area contributed by atoms with E-state index >= 15 is 0 Å². The summed E-state index contributed by atoms with van der Waals surface area (Å²) in [6.07, 6.45) is 0.714. The number of nitrogens with zero attached hydrogens (tertiary/aromatic N) is 2. The van der Waals surface area contributed by atoms with Gasteiger partial charge in [-0.1, -0.05) is 25.9 Å². The van der Waals surface area contributed by atoms with Crippen molar-refractivity contribution in [3.8, 4) is 0 Å². The maximum absolute atomic E-state index is 12.1. The van der Waals surface area contributed by atoms with Crippen molar-refractivity contribution in [2.75, 3.05) is 13.2 Å². The van der Waals surface area contributed by atoms with Crippen molar-refractivity contribution in [3.63, 3.8) is 0 Å². The van der Waals surface area contributed by atoms with Gasteiger partial charge >= 0.3 is 5.97 Å². The molecule has 0 aromatic carbocycles. The molecule has 120 valence electrons. The molecule has 0 saturated heterocycles. The predicted molar refractivity (Wildman–Crippen MR) is 77.8 cm³/mol. The van der Waals surface area contributed by atoms with Gasteiger partial charge in [0.05, 0.1) is 6.61 Å². The molecule has 0 aliphatic carbocycles. The second-order valence-electron chi connectivity index (χ2n) is 5.45. The van der Waals surface area contributed by atoms with E-state index in [1.165, 1.54) is 0 Å². The summed E-state index contributed by atoms with van der Waals surface area (Å²) in [5.41, 5.74) is -0.604. The molecule has 0 N–H and O–H groups in total. The predicted octanol–water partition coefficient (Wildman–Crippen LogP) is 3.03. The first-order valence-corrected chi connectivity index (χ1v) is 7.54. The number of aromatic nitrogens is 2. The number of rotatable bonds is 8. The van der Waals surface area contributed by atoms with Crippen LogP contribution in [0.15, 0.2) is 4.52 Å². The summed E-state index contributed by atoms with van der Waals surface area (Å²) in [6.45, 7) is 12.3. The molecule has 2 atom stereocenters. The molecule has 6 nitrogen and oxygen atoms in total. The molecule has 0 saturated carbocycles. The van der Waals surface area contributed by atoms with Crippen LogP contribution in [0.4, 0.5) is 0 Å². The Morgan fingerprint density at radius 2 is 1.95 bits per heavy atom. The highest BCUT2D eigenvalue weighted by Crippen LogP contribution is 2.30. The Labute approximate surface area is 126 Å². The van der Waals surface area contributed by atoms with Gasteiger partial charge < -0.3 is 14.0 Å². The third kappa shape index (κ3) is 4.03. The Hall–Kier alpha value is -1.43. The van der Waals surface area contributed by atoms with Crippen LogP contribution in [0.5, 0.6) is 0 Å². The Morgan fingerprint density at radius 1 is 1.29 bits per heavy atom. The maximum Gasteiger partial charge on any atom is 0.318 e. The zero-order chi connectivity index (χ0) is 16.0. The molecule has 1 rings (SSSR count). The highest BCUT2D eigenvalue weighted by Gasteiger charge is 2.36. The largest absolute Gasteiger partial charge is 0.465 e. The highest BCUT2D eigenvalue weighted by molar-refractivity contribution is 5.77. The summed E-state index contributed by atoms with van der Waals surface area (Å²) in [5.74, 6) is -0.113. The van der Waals surface area contributed by atoms with Crippen molar-refractivity contribution in [3.05, 3.63) is 11.7 Å². The molecule has 1 aromatic heterocycles. The smallest absolute Gasteiger partial charge is 0.318 e. The summed E-state index contributed by atoms with van der Waals surface area (Å²) in [4.78, 5) is 16.5. The van der Waals surface area contributed by atoms with Crippen molar-refractivity contribution in [1.29, 1.82) is 0 Å². The zero-order valence-corrected chi connectivity index (χ0v) is 13.8. The summed E-state index contributed by atoms with van der Waals surface area (Å²) >= 11 is 0. The lowest BCUT2D eigenvalue weighted by atomic mass is 9.95. The molecule has 21 heavy (non-hydrogen) atoms. The van der Waals surface area contributed by atoms with E-state index in [1.807, 2.05) is 34.6 Å². The van der Waals surface area contributed by atoms with Crippen LogP contribution in [-0.4, -0.2) is 29.3 Å². The molecule has 0 amide bonds. The van der Waals surface area contributed by atoms with E-state index in [0.29, 0.717) is 25.5 Å². The van der Waals surface area contributed by atoms with Crippen molar-refractivity contribution in [1.82, 2.24) is 10.1 Å². The minimum absolute atomic E-state index is 0.0114. The van der Waals surface area contributed by atoms with Gasteiger partial charge in [0.2, 0.25) is 11.7 Å². The monoisotopic (exact) mass is 298 g/mol. The van der Waals surface area contributed by atoms with Crippen LogP contribution >= 0.6 is 0 Å². The van der Waals surface area contributed by atoms with Gasteiger partial charge in [-0.3, -0.25) is 4.79 Å². The lowest BCUT2D eigenvalue weighted by molar-refractivity contribution is -0.146. The number of esters is 1. The van der Waals surface area contributed by atoms with Gasteiger partial charge in [0.25, 0.3) is 0 Å². The molecule has 2 unspecified atom stereocenters. The number of ether oxygens (including phenoxy) is 2. The second kappa shape index (κ2) is 7.54. The third-order valence-electron chi connectivity index (χ3n) is 3.53. The van der Waals surface area contributed by atoms with Crippen LogP contribution in [0.2, 0.25) is 0 Å². The van der Waals surface area contributed by atoms with E-state index in [0.717, 1.165) is 0 Å². The molecule has 0 spiro atoms. The minimum Gasteiger partial charge on any atom is -0.465 e. The third-order valence-corrected chi connectivity index (χ3v) is 3.53. The molecule has 0 fully saturated rings. The maximum atomic E-state index is 12.1. The van der Waals surface area contributed by atoms with Crippen molar-refractivity contribution >= 4 is 5.97 Å². The zero-order valence-electron chi connectivity index (χ0n) is 13.8. The average molecular weight is 298 g/mol. The number of hydrogen-bond donors (Lipinski definition) is 0. The van der Waals surface area contributed by atoms with E-state index in [2.05, 4.69) is 10.1 Å². The average Bonchev–Trinajstić information content (AvgIpc) is 2.89. The minimum atomic E-state index is -0.604. The Morgan fingerprint density at radius 3 is 2.43 bits per heavy atom. The van der Waals surface area contributed by atoms with Crippen LogP contribution in [0.1, 0.15) is 65.6 Å². The number of carbonyl (C=O) groups excluding carboxylic acids is 1. The van der Waals surface area contributed by atoms with Gasteiger partial charge in [-0.25, -0.2) is 0 Å². The first kappa shape index (κ1) is 17.6. The van der Waals surface area contributed by atoms with Gasteiger partial charge in [-0.05, 0) is 33.1 Å². The Bertz CT molecular complexity index is 458. The molecule has 1 heterocycles. The molecule has 0 aliphatic heterocycles. The van der Waals surface area contributed by atoms with Crippen molar-refractivity contribution < 1.29 is 18.8 Å². The van der Waals surface area contributed by atoms with Crippen LogP contribution < -0.4 is 0 Å². The molecule has 6 heteroatoms. The lowest BCUT2D eigenvalue weighted by Gasteiger charge is -2.24. The van der Waals surface area contributed by atoms with E-state index in [1.54, 1.807) is 6.92 Å². The van der Waals surface area contributed by atoms with Crippen LogP contribution in [-0.2, 0) is 19.9 Å². The van der Waals surface area contributed by atoms with E-state index in [4.69, 9.17) is 14.0 Å². The number of carbonyl (C=O) groups is 1. The normalized spacial score (nSPS) is 15.8. The molecule has 0 radical (unpaired) electrons. The molecular weight excluding hydrogens is 272 g/mol. The van der Waals surface area contributed by atoms with E-state index in [9.17, 15) is 4.79 Å². The SMILES string of the molecule is CCOC(=O)C(c1nc(C(C)(CC)OCC)no1)C(C)C. The fourth-order valence-corrected chi connectivity index (χ4v) is 2.11. The van der Waals surface area contributed by atoms with Gasteiger partial charge in [-0.2, -0.15) is 4.98 Å². The molecular formula is C15H26N2O4. The Kier molecular flexibility index (Phi) is 6.33. The second-order valence-corrected chi connectivity index (χ2v) is 5.45. The van der Waals surface area contributed by atoms with Crippen LogP contribution in [0.3, 0.4) is 0 Å². The summed E-state index contributed by atoms with van der Waals surface area (Å²) in [7, 11) is 0. The lowest BCUT2D eigenvalue weighted by Crippen LogP contribution is -2.27. The quantitative estimate of drug-likeness (QED) is 0.687. The first-order chi connectivity index (χ1) is 9.89. The fourth-order valence-electron chi connectivity index (χ4n) is 2.11. The summed E-state index contributed by atoms with van der Waals surface area (Å²) in [5, 5.41) is 4.00. The Balaban J connectivity index is 3.06. The van der Waals surface area contributed by atoms with Gasteiger partial charge in [-0.15, -0.1) is 0 Å². The van der Waals surface area contributed by atoms with E-state index < -0.39 is 11.5 Å². The van der Waals surface area contributed by atoms with Gasteiger partial charge in [0, 0.05) is 6.61 Å². The summed E-state index contributed by atoms with van der Waals surface area (Å²) < 4.78 is 16.1. The van der Waals surface area contributed by atoms with E-state index in [-0.39, 0.29) is 17.8 Å². The number of hydrogen-bond acceptors (Lipinski definition) is 6. The molecule has 0 bridgehead atoms. The highest BCUT2D eigenvalue weighted by atomic mass is 16.5. The molecule has 1 aromatic rings. The van der Waals surface area contributed by atoms with Gasteiger partial charge in [0.1, 0.15) is 11.5 Å². The van der Waals surface area contributed by atoms with Crippen LogP contribution in [0.25, 0.3) is 0 Å². The van der Waals surface area contributed by atoms with Crippen molar-refractivity contribution in [2.45, 2.75) is 59.5 Å². The van der Waals surface area contributed by atoms with Crippen LogP contribution in [0, 0.1) is 5.92 Å². The van der Waals surface area contributed by atoms with Gasteiger partial charge in [0.15, 0.2) is 0 Å². The first-order valence-electron chi connectivity index (χ1n) is 7.54. The standard InChI is InChI=1S/C15H26N2O4/c1-7-15(6,20-9-3)14-16-12(21-17-14)11(10(4)5)13(18)19-8-2/h10-11H,7-9H2,1-6H3. The topological polar surface area (TPSA) is 74.5 Å². The molecule has 0 aliphatic rings. The summed E-state index contributed by atoms with van der Waals surface area (Å²) in [6, 6.07) is 0. The van der Waals surface area contributed by atoms with Crippen molar-refractivity contribution in [2.24, 2.45) is 5.92 Å². The fraction of sp³-hybridized carbons (Fsp3) is 0.800.